The first kappa shape index (κ1) is 20.7. The maximum atomic E-state index is 12.6. The SMILES string of the molecule is Cc1cc(C)cc(OCC(=O)NNC(=O)c2ccc(Cl)cc2N2CCCC2=O)c1. The molecule has 2 aromatic rings. The molecule has 1 saturated heterocycles. The van der Waals surface area contributed by atoms with Gasteiger partial charge in [-0.2, -0.15) is 0 Å². The van der Waals surface area contributed by atoms with Crippen LogP contribution in [0.2, 0.25) is 5.02 Å². The number of amides is 3. The fraction of sp³-hybridized carbons (Fsp3) is 0.286. The molecule has 3 rings (SSSR count). The fourth-order valence-corrected chi connectivity index (χ4v) is 3.38. The number of anilines is 1. The second kappa shape index (κ2) is 8.96. The van der Waals surface area contributed by atoms with Crippen LogP contribution in [0.25, 0.3) is 0 Å². The number of ether oxygens (including phenoxy) is 1. The molecule has 0 unspecified atom stereocenters. The first-order chi connectivity index (χ1) is 13.8. The monoisotopic (exact) mass is 415 g/mol. The van der Waals surface area contributed by atoms with Crippen LogP contribution in [0.4, 0.5) is 5.69 Å². The molecule has 1 aliphatic rings. The molecule has 0 radical (unpaired) electrons. The molecule has 1 aliphatic heterocycles. The summed E-state index contributed by atoms with van der Waals surface area (Å²) in [4.78, 5) is 38.2. The van der Waals surface area contributed by atoms with Crippen molar-refractivity contribution in [2.75, 3.05) is 18.1 Å². The Kier molecular flexibility index (Phi) is 6.39. The summed E-state index contributed by atoms with van der Waals surface area (Å²) < 4.78 is 5.47. The van der Waals surface area contributed by atoms with Gasteiger partial charge in [0.15, 0.2) is 6.61 Å². The second-order valence-corrected chi connectivity index (χ2v) is 7.36. The molecule has 152 valence electrons. The van der Waals surface area contributed by atoms with Gasteiger partial charge in [0.05, 0.1) is 11.3 Å². The highest BCUT2D eigenvalue weighted by Crippen LogP contribution is 2.28. The van der Waals surface area contributed by atoms with Gasteiger partial charge in [-0.05, 0) is 61.7 Å². The van der Waals surface area contributed by atoms with Crippen LogP contribution >= 0.6 is 11.6 Å². The van der Waals surface area contributed by atoms with E-state index < -0.39 is 11.8 Å². The van der Waals surface area contributed by atoms with Gasteiger partial charge in [0.2, 0.25) is 5.91 Å². The van der Waals surface area contributed by atoms with E-state index in [2.05, 4.69) is 10.9 Å². The summed E-state index contributed by atoms with van der Waals surface area (Å²) in [6.07, 6.45) is 1.15. The quantitative estimate of drug-likeness (QED) is 0.735. The second-order valence-electron chi connectivity index (χ2n) is 6.92. The van der Waals surface area contributed by atoms with Crippen LogP contribution in [-0.2, 0) is 9.59 Å². The minimum atomic E-state index is -0.545. The number of carbonyl (C=O) groups is 3. The predicted octanol–water partition coefficient (Wildman–Crippen LogP) is 2.92. The zero-order valence-electron chi connectivity index (χ0n) is 16.3. The number of aryl methyl sites for hydroxylation is 2. The highest BCUT2D eigenvalue weighted by atomic mass is 35.5. The third-order valence-corrected chi connectivity index (χ3v) is 4.68. The number of carbonyl (C=O) groups excluding carboxylic acids is 3. The number of halogens is 1. The van der Waals surface area contributed by atoms with E-state index in [1.54, 1.807) is 12.1 Å². The molecule has 0 bridgehead atoms. The Morgan fingerprint density at radius 1 is 1.10 bits per heavy atom. The third kappa shape index (κ3) is 5.26. The molecule has 0 spiro atoms. The summed E-state index contributed by atoms with van der Waals surface area (Å²) in [5.41, 5.74) is 7.42. The maximum Gasteiger partial charge on any atom is 0.276 e. The molecule has 1 heterocycles. The van der Waals surface area contributed by atoms with Crippen LogP contribution in [0.5, 0.6) is 5.75 Å². The molecule has 0 saturated carbocycles. The van der Waals surface area contributed by atoms with Gasteiger partial charge in [0, 0.05) is 18.0 Å². The van der Waals surface area contributed by atoms with Crippen LogP contribution in [-0.4, -0.2) is 30.9 Å². The zero-order valence-corrected chi connectivity index (χ0v) is 17.0. The van der Waals surface area contributed by atoms with Gasteiger partial charge >= 0.3 is 0 Å². The van der Waals surface area contributed by atoms with E-state index in [0.717, 1.165) is 17.5 Å². The maximum absolute atomic E-state index is 12.6. The van der Waals surface area contributed by atoms with Gasteiger partial charge in [-0.15, -0.1) is 0 Å². The standard InChI is InChI=1S/C21H22ClN3O4/c1-13-8-14(2)10-16(9-13)29-12-19(26)23-24-21(28)17-6-5-15(22)11-18(17)25-7-3-4-20(25)27/h5-6,8-11H,3-4,7,12H2,1-2H3,(H,23,26)(H,24,28). The first-order valence-electron chi connectivity index (χ1n) is 9.23. The van der Waals surface area contributed by atoms with Crippen LogP contribution < -0.4 is 20.5 Å². The minimum absolute atomic E-state index is 0.0628. The van der Waals surface area contributed by atoms with Gasteiger partial charge in [0.25, 0.3) is 11.8 Å². The molecule has 1 fully saturated rings. The summed E-state index contributed by atoms with van der Waals surface area (Å²) >= 11 is 6.04. The predicted molar refractivity (Wildman–Crippen MR) is 110 cm³/mol. The number of rotatable bonds is 5. The molecule has 8 heteroatoms. The highest BCUT2D eigenvalue weighted by molar-refractivity contribution is 6.31. The summed E-state index contributed by atoms with van der Waals surface area (Å²) in [5.74, 6) is -0.537. The van der Waals surface area contributed by atoms with E-state index in [0.29, 0.717) is 29.4 Å². The van der Waals surface area contributed by atoms with Gasteiger partial charge in [0.1, 0.15) is 5.75 Å². The van der Waals surface area contributed by atoms with E-state index in [4.69, 9.17) is 16.3 Å². The van der Waals surface area contributed by atoms with Crippen molar-refractivity contribution in [3.05, 3.63) is 58.1 Å². The lowest BCUT2D eigenvalue weighted by molar-refractivity contribution is -0.123. The Balaban J connectivity index is 1.60. The summed E-state index contributed by atoms with van der Waals surface area (Å²) in [7, 11) is 0. The van der Waals surface area contributed by atoms with Crippen molar-refractivity contribution in [3.63, 3.8) is 0 Å². The van der Waals surface area contributed by atoms with E-state index >= 15 is 0 Å². The number of benzene rings is 2. The Morgan fingerprint density at radius 2 is 1.83 bits per heavy atom. The largest absolute Gasteiger partial charge is 0.484 e. The van der Waals surface area contributed by atoms with E-state index in [1.165, 1.54) is 11.0 Å². The Bertz CT molecular complexity index is 941. The molecule has 2 aromatic carbocycles. The number of hydrazine groups is 1. The average molecular weight is 416 g/mol. The average Bonchev–Trinajstić information content (AvgIpc) is 3.09. The van der Waals surface area contributed by atoms with Gasteiger partial charge in [-0.1, -0.05) is 17.7 Å². The molecule has 7 nitrogen and oxygen atoms in total. The van der Waals surface area contributed by atoms with Crippen molar-refractivity contribution < 1.29 is 19.1 Å². The van der Waals surface area contributed by atoms with Gasteiger partial charge < -0.3 is 9.64 Å². The van der Waals surface area contributed by atoms with Gasteiger partial charge in [-0.3, -0.25) is 25.2 Å². The van der Waals surface area contributed by atoms with Crippen molar-refractivity contribution in [1.29, 1.82) is 0 Å². The number of hydrogen-bond acceptors (Lipinski definition) is 4. The van der Waals surface area contributed by atoms with Crippen molar-refractivity contribution >= 4 is 35.0 Å². The Morgan fingerprint density at radius 3 is 2.48 bits per heavy atom. The topological polar surface area (TPSA) is 87.7 Å². The lowest BCUT2D eigenvalue weighted by Crippen LogP contribution is -2.44. The Hall–Kier alpha value is -3.06. The number of nitrogens with one attached hydrogen (secondary N) is 2. The molecule has 3 amide bonds. The van der Waals surface area contributed by atoms with Crippen LogP contribution in [0.1, 0.15) is 34.3 Å². The van der Waals surface area contributed by atoms with Crippen LogP contribution in [0.15, 0.2) is 36.4 Å². The smallest absolute Gasteiger partial charge is 0.276 e. The van der Waals surface area contributed by atoms with E-state index in [-0.39, 0.29) is 18.1 Å². The van der Waals surface area contributed by atoms with Crippen molar-refractivity contribution in [2.24, 2.45) is 0 Å². The Labute approximate surface area is 173 Å². The molecule has 0 aromatic heterocycles. The molecule has 2 N–H and O–H groups in total. The number of hydrogen-bond donors (Lipinski definition) is 2. The molecule has 0 aliphatic carbocycles. The van der Waals surface area contributed by atoms with Crippen molar-refractivity contribution in [2.45, 2.75) is 26.7 Å². The minimum Gasteiger partial charge on any atom is -0.484 e. The lowest BCUT2D eigenvalue weighted by atomic mass is 10.1. The van der Waals surface area contributed by atoms with Crippen molar-refractivity contribution in [3.8, 4) is 5.75 Å². The zero-order chi connectivity index (χ0) is 21.0. The lowest BCUT2D eigenvalue weighted by Gasteiger charge is -2.20. The molecular weight excluding hydrogens is 394 g/mol. The summed E-state index contributed by atoms with van der Waals surface area (Å²) in [5, 5.41) is 0.419. The molecule has 29 heavy (non-hydrogen) atoms. The fourth-order valence-electron chi connectivity index (χ4n) is 3.22. The van der Waals surface area contributed by atoms with Crippen LogP contribution in [0.3, 0.4) is 0 Å². The summed E-state index contributed by atoms with van der Waals surface area (Å²) in [6, 6.07) is 10.3. The normalized spacial score (nSPS) is 13.3. The third-order valence-electron chi connectivity index (χ3n) is 4.45. The number of nitrogens with zero attached hydrogens (tertiary/aromatic N) is 1. The summed E-state index contributed by atoms with van der Waals surface area (Å²) in [6.45, 7) is 4.15. The molecule has 0 atom stereocenters. The van der Waals surface area contributed by atoms with Crippen molar-refractivity contribution in [1.82, 2.24) is 10.9 Å². The van der Waals surface area contributed by atoms with Gasteiger partial charge in [-0.25, -0.2) is 0 Å². The van der Waals surface area contributed by atoms with E-state index in [9.17, 15) is 14.4 Å². The van der Waals surface area contributed by atoms with E-state index in [1.807, 2.05) is 32.0 Å². The highest BCUT2D eigenvalue weighted by Gasteiger charge is 2.26. The first-order valence-corrected chi connectivity index (χ1v) is 9.61. The molecular formula is C21H22ClN3O4. The van der Waals surface area contributed by atoms with Crippen LogP contribution in [0, 0.1) is 13.8 Å².